The first kappa shape index (κ1) is 17.2. The van der Waals surface area contributed by atoms with Gasteiger partial charge in [0.1, 0.15) is 5.69 Å². The van der Waals surface area contributed by atoms with Crippen LogP contribution in [0.25, 0.3) is 5.69 Å². The molecule has 1 fully saturated rings. The van der Waals surface area contributed by atoms with Crippen molar-refractivity contribution in [2.24, 2.45) is 0 Å². The Morgan fingerprint density at radius 1 is 1.20 bits per heavy atom. The van der Waals surface area contributed by atoms with Gasteiger partial charge in [0.25, 0.3) is 0 Å². The van der Waals surface area contributed by atoms with E-state index in [9.17, 15) is 18.4 Å². The molecule has 134 valence electrons. The van der Waals surface area contributed by atoms with Crippen LogP contribution in [0.5, 0.6) is 0 Å². The van der Waals surface area contributed by atoms with Crippen molar-refractivity contribution in [3.63, 3.8) is 0 Å². The summed E-state index contributed by atoms with van der Waals surface area (Å²) in [6.45, 7) is 2.23. The van der Waals surface area contributed by atoms with E-state index in [0.717, 1.165) is 44.2 Å². The number of aromatic nitrogens is 4. The number of hydrogen-bond donors (Lipinski definition) is 0. The first-order valence-electron chi connectivity index (χ1n) is 8.35. The Labute approximate surface area is 142 Å². The minimum absolute atomic E-state index is 0.0356. The van der Waals surface area contributed by atoms with Crippen LogP contribution in [0.1, 0.15) is 39.0 Å². The third-order valence-electron chi connectivity index (χ3n) is 4.51. The lowest BCUT2D eigenvalue weighted by molar-refractivity contribution is 0.157. The molecular weight excluding hydrogens is 332 g/mol. The van der Waals surface area contributed by atoms with Crippen LogP contribution in [0.3, 0.4) is 0 Å². The van der Waals surface area contributed by atoms with Gasteiger partial charge in [-0.05, 0) is 42.3 Å². The van der Waals surface area contributed by atoms with Gasteiger partial charge in [-0.3, -0.25) is 0 Å². The smallest absolute Gasteiger partial charge is 0.320 e. The molecule has 2 aromatic rings. The molecular formula is C16H19F2N5O2. The number of carbonyl (C=O) groups is 1. The third-order valence-corrected chi connectivity index (χ3v) is 4.51. The van der Waals surface area contributed by atoms with Crippen molar-refractivity contribution in [2.75, 3.05) is 6.54 Å². The van der Waals surface area contributed by atoms with Crippen LogP contribution in [-0.4, -0.2) is 43.3 Å². The van der Waals surface area contributed by atoms with Gasteiger partial charge in [0, 0.05) is 12.6 Å². The van der Waals surface area contributed by atoms with Crippen molar-refractivity contribution in [1.82, 2.24) is 24.7 Å². The van der Waals surface area contributed by atoms with Crippen LogP contribution < -0.4 is 5.69 Å². The topological polar surface area (TPSA) is 73.0 Å². The molecule has 1 aromatic carbocycles. The quantitative estimate of drug-likeness (QED) is 0.796. The van der Waals surface area contributed by atoms with Crippen LogP contribution in [0.4, 0.5) is 13.6 Å². The van der Waals surface area contributed by atoms with E-state index in [1.807, 2.05) is 6.92 Å². The highest BCUT2D eigenvalue weighted by molar-refractivity contribution is 5.75. The molecule has 7 nitrogen and oxygen atoms in total. The standard InChI is InChI=1S/C16H19F2N5O2/c1-2-21(11-7-4-3-5-8-11)15(24)23-16(25)22(19-20-23)14-12(17)9-6-10-13(14)18/h6,9-11H,2-5,7-8H2,1H3. The van der Waals surface area contributed by atoms with Gasteiger partial charge in [0.2, 0.25) is 0 Å². The molecule has 0 aliphatic heterocycles. The largest absolute Gasteiger partial charge is 0.377 e. The normalized spacial score (nSPS) is 15.3. The van der Waals surface area contributed by atoms with Crippen molar-refractivity contribution < 1.29 is 13.6 Å². The SMILES string of the molecule is CCN(C(=O)n1nnn(-c2c(F)cccc2F)c1=O)C1CCCCC1. The molecule has 1 aliphatic rings. The van der Waals surface area contributed by atoms with E-state index in [4.69, 9.17) is 0 Å². The zero-order chi connectivity index (χ0) is 18.0. The number of nitrogens with zero attached hydrogens (tertiary/aromatic N) is 5. The summed E-state index contributed by atoms with van der Waals surface area (Å²) >= 11 is 0. The molecule has 0 bridgehead atoms. The molecule has 0 N–H and O–H groups in total. The van der Waals surface area contributed by atoms with Crippen molar-refractivity contribution >= 4 is 6.03 Å². The van der Waals surface area contributed by atoms with Crippen molar-refractivity contribution in [3.8, 4) is 5.69 Å². The maximum Gasteiger partial charge on any atom is 0.377 e. The van der Waals surface area contributed by atoms with E-state index in [2.05, 4.69) is 10.4 Å². The van der Waals surface area contributed by atoms with E-state index >= 15 is 0 Å². The van der Waals surface area contributed by atoms with E-state index in [1.54, 1.807) is 4.90 Å². The number of carbonyl (C=O) groups excluding carboxylic acids is 1. The van der Waals surface area contributed by atoms with E-state index in [1.165, 1.54) is 6.07 Å². The highest BCUT2D eigenvalue weighted by Crippen LogP contribution is 2.23. The average molecular weight is 351 g/mol. The van der Waals surface area contributed by atoms with Crippen LogP contribution in [0, 0.1) is 11.6 Å². The molecule has 1 aromatic heterocycles. The van der Waals surface area contributed by atoms with Gasteiger partial charge in [-0.2, -0.15) is 4.68 Å². The van der Waals surface area contributed by atoms with E-state index in [-0.39, 0.29) is 6.04 Å². The molecule has 0 saturated heterocycles. The zero-order valence-electron chi connectivity index (χ0n) is 13.9. The lowest BCUT2D eigenvalue weighted by Crippen LogP contribution is -2.47. The molecule has 0 atom stereocenters. The molecule has 1 aliphatic carbocycles. The fourth-order valence-electron chi connectivity index (χ4n) is 3.26. The van der Waals surface area contributed by atoms with E-state index < -0.39 is 29.0 Å². The van der Waals surface area contributed by atoms with Crippen LogP contribution in [0.15, 0.2) is 23.0 Å². The zero-order valence-corrected chi connectivity index (χ0v) is 13.9. The fourth-order valence-corrected chi connectivity index (χ4v) is 3.26. The third kappa shape index (κ3) is 3.18. The molecule has 3 rings (SSSR count). The number of halogens is 2. The van der Waals surface area contributed by atoms with Crippen LogP contribution in [-0.2, 0) is 0 Å². The van der Waals surface area contributed by atoms with Gasteiger partial charge in [-0.1, -0.05) is 25.3 Å². The summed E-state index contributed by atoms with van der Waals surface area (Å²) in [6, 6.07) is 2.60. The summed E-state index contributed by atoms with van der Waals surface area (Å²) in [5.74, 6) is -1.91. The summed E-state index contributed by atoms with van der Waals surface area (Å²) in [6.07, 6.45) is 4.91. The number of hydrogen-bond acceptors (Lipinski definition) is 4. The first-order chi connectivity index (χ1) is 12.0. The lowest BCUT2D eigenvalue weighted by atomic mass is 9.94. The maximum absolute atomic E-state index is 13.9. The van der Waals surface area contributed by atoms with Gasteiger partial charge in [0.05, 0.1) is 0 Å². The fraction of sp³-hybridized carbons (Fsp3) is 0.500. The molecule has 0 radical (unpaired) electrons. The van der Waals surface area contributed by atoms with Gasteiger partial charge in [0.15, 0.2) is 11.6 Å². The molecule has 9 heteroatoms. The van der Waals surface area contributed by atoms with Crippen LogP contribution >= 0.6 is 0 Å². The summed E-state index contributed by atoms with van der Waals surface area (Å²) in [4.78, 5) is 26.7. The molecule has 1 heterocycles. The Morgan fingerprint density at radius 3 is 2.44 bits per heavy atom. The Kier molecular flexibility index (Phi) is 4.91. The summed E-state index contributed by atoms with van der Waals surface area (Å²) in [5.41, 5.74) is -1.64. The minimum Gasteiger partial charge on any atom is -0.320 e. The van der Waals surface area contributed by atoms with Crippen molar-refractivity contribution in [1.29, 1.82) is 0 Å². The number of para-hydroxylation sites is 1. The summed E-state index contributed by atoms with van der Waals surface area (Å²) in [7, 11) is 0. The van der Waals surface area contributed by atoms with Crippen molar-refractivity contribution in [2.45, 2.75) is 45.1 Å². The van der Waals surface area contributed by atoms with Crippen molar-refractivity contribution in [3.05, 3.63) is 40.3 Å². The Bertz CT molecular complexity index is 806. The second kappa shape index (κ2) is 7.12. The minimum atomic E-state index is -0.997. The van der Waals surface area contributed by atoms with Crippen LogP contribution in [0.2, 0.25) is 0 Å². The number of benzene rings is 1. The average Bonchev–Trinajstić information content (AvgIpc) is 2.98. The highest BCUT2D eigenvalue weighted by Gasteiger charge is 2.28. The maximum atomic E-state index is 13.9. The lowest BCUT2D eigenvalue weighted by Gasteiger charge is -2.32. The number of amides is 1. The Hall–Kier alpha value is -2.58. The second-order valence-electron chi connectivity index (χ2n) is 6.02. The monoisotopic (exact) mass is 351 g/mol. The molecule has 1 amide bonds. The molecule has 0 spiro atoms. The molecule has 1 saturated carbocycles. The van der Waals surface area contributed by atoms with Gasteiger partial charge >= 0.3 is 11.7 Å². The number of tetrazole rings is 1. The Balaban J connectivity index is 1.95. The van der Waals surface area contributed by atoms with E-state index in [0.29, 0.717) is 15.9 Å². The molecule has 0 unspecified atom stereocenters. The van der Waals surface area contributed by atoms with Gasteiger partial charge in [-0.15, -0.1) is 4.68 Å². The van der Waals surface area contributed by atoms with Gasteiger partial charge < -0.3 is 4.90 Å². The Morgan fingerprint density at radius 2 is 1.84 bits per heavy atom. The molecule has 25 heavy (non-hydrogen) atoms. The van der Waals surface area contributed by atoms with Gasteiger partial charge in [-0.25, -0.2) is 18.4 Å². The number of rotatable bonds is 3. The predicted molar refractivity (Wildman–Crippen MR) is 85.6 cm³/mol. The summed E-state index contributed by atoms with van der Waals surface area (Å²) in [5, 5.41) is 7.01. The predicted octanol–water partition coefficient (Wildman–Crippen LogP) is 2.33. The second-order valence-corrected chi connectivity index (χ2v) is 6.02. The summed E-state index contributed by atoms with van der Waals surface area (Å²) < 4.78 is 28.8. The first-order valence-corrected chi connectivity index (χ1v) is 8.35. The highest BCUT2D eigenvalue weighted by atomic mass is 19.1.